The van der Waals surface area contributed by atoms with Gasteiger partial charge < -0.3 is 20.9 Å². The number of ether oxygens (including phenoxy) is 2. The summed E-state index contributed by atoms with van der Waals surface area (Å²) < 4.78 is 10.4. The normalized spacial score (nSPS) is 15.0. The molecule has 1 atom stereocenters. The van der Waals surface area contributed by atoms with Crippen LogP contribution in [0.5, 0.6) is 11.5 Å². The maximum absolute atomic E-state index is 10.7. The molecule has 0 spiro atoms. The Balaban J connectivity index is 2.19. The van der Waals surface area contributed by atoms with Gasteiger partial charge in [-0.3, -0.25) is 4.79 Å². The summed E-state index contributed by atoms with van der Waals surface area (Å²) in [5.41, 5.74) is 11.7. The smallest absolute Gasteiger partial charge is 0.231 e. The van der Waals surface area contributed by atoms with Crippen molar-refractivity contribution in [3.05, 3.63) is 23.8 Å². The van der Waals surface area contributed by atoms with Crippen molar-refractivity contribution in [2.45, 2.75) is 12.5 Å². The summed E-state index contributed by atoms with van der Waals surface area (Å²) in [6.07, 6.45) is 0.125. The molecule has 0 aliphatic carbocycles. The summed E-state index contributed by atoms with van der Waals surface area (Å²) in [6, 6.07) is 4.97. The molecule has 4 N–H and O–H groups in total. The van der Waals surface area contributed by atoms with Crippen LogP contribution in [0.3, 0.4) is 0 Å². The molecule has 80 valence electrons. The van der Waals surface area contributed by atoms with Crippen molar-refractivity contribution in [1.29, 1.82) is 0 Å². The van der Waals surface area contributed by atoms with Crippen molar-refractivity contribution in [2.24, 2.45) is 11.5 Å². The third kappa shape index (κ3) is 2.02. The molecule has 5 nitrogen and oxygen atoms in total. The Bertz CT molecular complexity index is 392. The van der Waals surface area contributed by atoms with Gasteiger partial charge in [-0.05, 0) is 17.7 Å². The Morgan fingerprint density at radius 2 is 2.13 bits per heavy atom. The van der Waals surface area contributed by atoms with E-state index >= 15 is 0 Å². The summed E-state index contributed by atoms with van der Waals surface area (Å²) in [7, 11) is 0. The number of amides is 1. The van der Waals surface area contributed by atoms with Gasteiger partial charge in [0.2, 0.25) is 12.7 Å². The lowest BCUT2D eigenvalue weighted by atomic mass is 10.0. The minimum atomic E-state index is -0.417. The summed E-state index contributed by atoms with van der Waals surface area (Å²) >= 11 is 0. The van der Waals surface area contributed by atoms with Crippen LogP contribution in [0, 0.1) is 0 Å². The van der Waals surface area contributed by atoms with Gasteiger partial charge in [0.15, 0.2) is 11.5 Å². The molecule has 0 unspecified atom stereocenters. The molecule has 0 bridgehead atoms. The average Bonchev–Trinajstić information content (AvgIpc) is 2.62. The molecule has 5 heteroatoms. The highest BCUT2D eigenvalue weighted by atomic mass is 16.7. The molecule has 1 amide bonds. The number of carbonyl (C=O) groups is 1. The van der Waals surface area contributed by atoms with Crippen LogP contribution in [0.25, 0.3) is 0 Å². The lowest BCUT2D eigenvalue weighted by molar-refractivity contribution is -0.118. The Kier molecular flexibility index (Phi) is 2.47. The molecule has 1 aliphatic heterocycles. The lowest BCUT2D eigenvalue weighted by Crippen LogP contribution is -2.20. The molecule has 1 aromatic rings. The predicted molar refractivity (Wildman–Crippen MR) is 53.3 cm³/mol. The van der Waals surface area contributed by atoms with Crippen molar-refractivity contribution in [2.75, 3.05) is 6.79 Å². The fraction of sp³-hybridized carbons (Fsp3) is 0.300. The van der Waals surface area contributed by atoms with Crippen molar-refractivity contribution in [3.63, 3.8) is 0 Å². The third-order valence-corrected chi connectivity index (χ3v) is 2.25. The number of fused-ring (bicyclic) bond motifs is 1. The monoisotopic (exact) mass is 208 g/mol. The second-order valence-corrected chi connectivity index (χ2v) is 3.39. The molecule has 0 fully saturated rings. The molecule has 1 aromatic carbocycles. The summed E-state index contributed by atoms with van der Waals surface area (Å²) in [4.78, 5) is 10.7. The van der Waals surface area contributed by atoms with Gasteiger partial charge >= 0.3 is 0 Å². The molecule has 15 heavy (non-hydrogen) atoms. The minimum Gasteiger partial charge on any atom is -0.454 e. The van der Waals surface area contributed by atoms with Gasteiger partial charge in [-0.2, -0.15) is 0 Å². The summed E-state index contributed by atoms with van der Waals surface area (Å²) in [6.45, 7) is 0.226. The van der Waals surface area contributed by atoms with Crippen LogP contribution in [0.15, 0.2) is 18.2 Å². The molecule has 2 rings (SSSR count). The number of rotatable bonds is 3. The standard InChI is InChI=1S/C10H12N2O3/c11-7(4-10(12)13)6-1-2-8-9(3-6)15-5-14-8/h1-3,7H,4-5,11H2,(H2,12,13)/t7-/m1/s1. The van der Waals surface area contributed by atoms with E-state index in [2.05, 4.69) is 0 Å². The topological polar surface area (TPSA) is 87.6 Å². The van der Waals surface area contributed by atoms with Gasteiger partial charge in [0, 0.05) is 12.5 Å². The van der Waals surface area contributed by atoms with Crippen LogP contribution < -0.4 is 20.9 Å². The number of hydrogen-bond donors (Lipinski definition) is 2. The molecule has 0 radical (unpaired) electrons. The second kappa shape index (κ2) is 3.78. The van der Waals surface area contributed by atoms with Gasteiger partial charge in [-0.1, -0.05) is 6.07 Å². The van der Waals surface area contributed by atoms with Gasteiger partial charge in [0.05, 0.1) is 0 Å². The molecule has 0 saturated carbocycles. The first-order valence-electron chi connectivity index (χ1n) is 4.60. The quantitative estimate of drug-likeness (QED) is 0.747. The van der Waals surface area contributed by atoms with E-state index in [0.717, 1.165) is 5.56 Å². The van der Waals surface area contributed by atoms with E-state index in [-0.39, 0.29) is 13.2 Å². The Hall–Kier alpha value is -1.75. The molecular weight excluding hydrogens is 196 g/mol. The van der Waals surface area contributed by atoms with Crippen LogP contribution in [-0.2, 0) is 4.79 Å². The Morgan fingerprint density at radius 1 is 1.40 bits per heavy atom. The van der Waals surface area contributed by atoms with Gasteiger partial charge in [0.25, 0.3) is 0 Å². The lowest BCUT2D eigenvalue weighted by Gasteiger charge is -2.10. The zero-order valence-electron chi connectivity index (χ0n) is 8.10. The Labute approximate surface area is 87.0 Å². The van der Waals surface area contributed by atoms with Crippen LogP contribution >= 0.6 is 0 Å². The SMILES string of the molecule is NC(=O)C[C@@H](N)c1ccc2c(c1)OCO2. The van der Waals surface area contributed by atoms with E-state index < -0.39 is 11.9 Å². The van der Waals surface area contributed by atoms with Crippen molar-refractivity contribution < 1.29 is 14.3 Å². The molecule has 1 heterocycles. The summed E-state index contributed by atoms with van der Waals surface area (Å²) in [5.74, 6) is 0.942. The number of benzene rings is 1. The molecule has 1 aliphatic rings. The first-order chi connectivity index (χ1) is 7.16. The molecular formula is C10H12N2O3. The zero-order chi connectivity index (χ0) is 10.8. The molecule has 0 saturated heterocycles. The second-order valence-electron chi connectivity index (χ2n) is 3.39. The zero-order valence-corrected chi connectivity index (χ0v) is 8.10. The Morgan fingerprint density at radius 3 is 2.87 bits per heavy atom. The van der Waals surface area contributed by atoms with Crippen LogP contribution in [0.2, 0.25) is 0 Å². The van der Waals surface area contributed by atoms with Gasteiger partial charge in [-0.25, -0.2) is 0 Å². The van der Waals surface area contributed by atoms with E-state index in [1.807, 2.05) is 0 Å². The number of nitrogens with two attached hydrogens (primary N) is 2. The maximum Gasteiger partial charge on any atom is 0.231 e. The number of carbonyl (C=O) groups excluding carboxylic acids is 1. The van der Waals surface area contributed by atoms with E-state index in [9.17, 15) is 4.79 Å². The third-order valence-electron chi connectivity index (χ3n) is 2.25. The van der Waals surface area contributed by atoms with Gasteiger partial charge in [0.1, 0.15) is 0 Å². The average molecular weight is 208 g/mol. The highest BCUT2D eigenvalue weighted by molar-refractivity contribution is 5.74. The number of primary amides is 1. The van der Waals surface area contributed by atoms with E-state index in [1.165, 1.54) is 0 Å². The highest BCUT2D eigenvalue weighted by Gasteiger charge is 2.16. The minimum absolute atomic E-state index is 0.125. The van der Waals surface area contributed by atoms with Crippen molar-refractivity contribution in [3.8, 4) is 11.5 Å². The fourth-order valence-electron chi connectivity index (χ4n) is 1.48. The number of hydrogen-bond acceptors (Lipinski definition) is 4. The van der Waals surface area contributed by atoms with E-state index in [0.29, 0.717) is 11.5 Å². The summed E-state index contributed by atoms with van der Waals surface area (Å²) in [5, 5.41) is 0. The van der Waals surface area contributed by atoms with E-state index in [4.69, 9.17) is 20.9 Å². The highest BCUT2D eigenvalue weighted by Crippen LogP contribution is 2.34. The maximum atomic E-state index is 10.7. The van der Waals surface area contributed by atoms with Crippen LogP contribution in [0.1, 0.15) is 18.0 Å². The van der Waals surface area contributed by atoms with Crippen molar-refractivity contribution in [1.82, 2.24) is 0 Å². The first kappa shape index (κ1) is 9.79. The predicted octanol–water partition coefficient (Wildman–Crippen LogP) is 0.290. The first-order valence-corrected chi connectivity index (χ1v) is 4.60. The fourth-order valence-corrected chi connectivity index (χ4v) is 1.48. The van der Waals surface area contributed by atoms with Crippen LogP contribution in [0.4, 0.5) is 0 Å². The molecule has 0 aromatic heterocycles. The largest absolute Gasteiger partial charge is 0.454 e. The van der Waals surface area contributed by atoms with E-state index in [1.54, 1.807) is 18.2 Å². The van der Waals surface area contributed by atoms with Crippen LogP contribution in [-0.4, -0.2) is 12.7 Å². The van der Waals surface area contributed by atoms with Crippen molar-refractivity contribution >= 4 is 5.91 Å². The van der Waals surface area contributed by atoms with Gasteiger partial charge in [-0.15, -0.1) is 0 Å².